The van der Waals surface area contributed by atoms with Gasteiger partial charge in [-0.1, -0.05) is 0 Å². The molecule has 0 bridgehead atoms. The van der Waals surface area contributed by atoms with Gasteiger partial charge in [-0.15, -0.1) is 0 Å². The van der Waals surface area contributed by atoms with Crippen LogP contribution in [0, 0.1) is 0 Å². The van der Waals surface area contributed by atoms with Crippen LogP contribution in [0.15, 0.2) is 18.7 Å². The molecular weight excluding hydrogens is 240 g/mol. The summed E-state index contributed by atoms with van der Waals surface area (Å²) in [6, 6.07) is 0. The molecule has 0 aliphatic heterocycles. The van der Waals surface area contributed by atoms with E-state index in [4.69, 9.17) is 0 Å². The number of hydrogen-bond acceptors (Lipinski definition) is 4. The summed E-state index contributed by atoms with van der Waals surface area (Å²) in [6.45, 7) is 7.99. The second-order valence-electron chi connectivity index (χ2n) is 5.78. The van der Waals surface area contributed by atoms with Crippen molar-refractivity contribution in [2.75, 3.05) is 0 Å². The molecule has 2 aromatic heterocycles. The van der Waals surface area contributed by atoms with Crippen LogP contribution in [0.2, 0.25) is 0 Å². The second-order valence-corrected chi connectivity index (χ2v) is 5.78. The molecule has 6 heteroatoms. The van der Waals surface area contributed by atoms with Gasteiger partial charge >= 0.3 is 0 Å². The molecule has 0 amide bonds. The molecule has 0 unspecified atom stereocenters. The van der Waals surface area contributed by atoms with Crippen LogP contribution in [-0.2, 0) is 26.6 Å². The Balaban J connectivity index is 1.92. The Hall–Kier alpha value is -1.69. The van der Waals surface area contributed by atoms with Crippen LogP contribution in [0.4, 0.5) is 0 Å². The van der Waals surface area contributed by atoms with Gasteiger partial charge in [-0.2, -0.15) is 10.2 Å². The lowest BCUT2D eigenvalue weighted by atomic mass is 10.1. The van der Waals surface area contributed by atoms with Crippen LogP contribution in [0.5, 0.6) is 0 Å². The van der Waals surface area contributed by atoms with Crippen LogP contribution >= 0.6 is 0 Å². The van der Waals surface area contributed by atoms with E-state index in [9.17, 15) is 0 Å². The first kappa shape index (κ1) is 13.7. The van der Waals surface area contributed by atoms with Crippen molar-refractivity contribution >= 4 is 0 Å². The minimum Gasteiger partial charge on any atom is -0.305 e. The van der Waals surface area contributed by atoms with Gasteiger partial charge in [-0.25, -0.2) is 9.67 Å². The van der Waals surface area contributed by atoms with Crippen LogP contribution in [0.1, 0.15) is 32.2 Å². The largest absolute Gasteiger partial charge is 0.305 e. The average molecular weight is 262 g/mol. The fourth-order valence-electron chi connectivity index (χ4n) is 1.79. The maximum atomic E-state index is 4.31. The molecule has 0 aliphatic rings. The third-order valence-corrected chi connectivity index (χ3v) is 2.84. The van der Waals surface area contributed by atoms with E-state index in [1.165, 1.54) is 5.56 Å². The molecule has 2 aromatic rings. The van der Waals surface area contributed by atoms with Crippen LogP contribution in [-0.4, -0.2) is 30.1 Å². The summed E-state index contributed by atoms with van der Waals surface area (Å²) < 4.78 is 3.77. The summed E-state index contributed by atoms with van der Waals surface area (Å²) >= 11 is 0. The van der Waals surface area contributed by atoms with Gasteiger partial charge in [0.15, 0.2) is 0 Å². The Bertz CT molecular complexity index is 519. The van der Waals surface area contributed by atoms with E-state index in [1.54, 1.807) is 6.33 Å². The Morgan fingerprint density at radius 1 is 1.26 bits per heavy atom. The SMILES string of the molecule is Cn1cc(CCn2ncnc2CNC(C)(C)C)cn1. The highest BCUT2D eigenvalue weighted by atomic mass is 15.3. The topological polar surface area (TPSA) is 60.6 Å². The molecule has 0 aromatic carbocycles. The monoisotopic (exact) mass is 262 g/mol. The molecule has 0 saturated heterocycles. The van der Waals surface area contributed by atoms with Gasteiger partial charge in [0.25, 0.3) is 0 Å². The van der Waals surface area contributed by atoms with Crippen molar-refractivity contribution in [1.82, 2.24) is 29.9 Å². The van der Waals surface area contributed by atoms with Gasteiger partial charge in [0, 0.05) is 25.3 Å². The molecule has 1 N–H and O–H groups in total. The molecular formula is C13H22N6. The van der Waals surface area contributed by atoms with Crippen molar-refractivity contribution in [2.24, 2.45) is 7.05 Å². The van der Waals surface area contributed by atoms with Gasteiger partial charge in [-0.3, -0.25) is 4.68 Å². The number of nitrogens with zero attached hydrogens (tertiary/aromatic N) is 5. The summed E-state index contributed by atoms with van der Waals surface area (Å²) in [4.78, 5) is 4.31. The minimum atomic E-state index is 0.0835. The minimum absolute atomic E-state index is 0.0835. The number of nitrogens with one attached hydrogen (secondary N) is 1. The predicted octanol–water partition coefficient (Wildman–Crippen LogP) is 1.14. The molecule has 0 radical (unpaired) electrons. The Morgan fingerprint density at radius 2 is 2.05 bits per heavy atom. The first-order valence-corrected chi connectivity index (χ1v) is 6.53. The van der Waals surface area contributed by atoms with Crippen molar-refractivity contribution in [3.8, 4) is 0 Å². The number of aromatic nitrogens is 5. The van der Waals surface area contributed by atoms with Gasteiger partial charge < -0.3 is 5.32 Å². The third kappa shape index (κ3) is 4.17. The zero-order valence-electron chi connectivity index (χ0n) is 12.1. The van der Waals surface area contributed by atoms with Crippen LogP contribution < -0.4 is 5.32 Å². The molecule has 6 nitrogen and oxygen atoms in total. The van der Waals surface area contributed by atoms with Crippen molar-refractivity contribution in [3.05, 3.63) is 30.1 Å². The Morgan fingerprint density at radius 3 is 2.68 bits per heavy atom. The number of aryl methyl sites for hydroxylation is 3. The van der Waals surface area contributed by atoms with Gasteiger partial charge in [0.05, 0.1) is 12.7 Å². The van der Waals surface area contributed by atoms with Gasteiger partial charge in [-0.05, 0) is 32.8 Å². The highest BCUT2D eigenvalue weighted by Gasteiger charge is 2.11. The first-order chi connectivity index (χ1) is 8.94. The molecule has 19 heavy (non-hydrogen) atoms. The highest BCUT2D eigenvalue weighted by Crippen LogP contribution is 2.04. The zero-order chi connectivity index (χ0) is 13.9. The third-order valence-electron chi connectivity index (χ3n) is 2.84. The average Bonchev–Trinajstić information content (AvgIpc) is 2.91. The van der Waals surface area contributed by atoms with Crippen molar-refractivity contribution < 1.29 is 0 Å². The van der Waals surface area contributed by atoms with E-state index in [0.717, 1.165) is 25.3 Å². The summed E-state index contributed by atoms with van der Waals surface area (Å²) in [6.07, 6.45) is 6.46. The smallest absolute Gasteiger partial charge is 0.140 e. The summed E-state index contributed by atoms with van der Waals surface area (Å²) in [5.41, 5.74) is 1.30. The van der Waals surface area contributed by atoms with E-state index in [2.05, 4.69) is 41.3 Å². The fourth-order valence-corrected chi connectivity index (χ4v) is 1.79. The fraction of sp³-hybridized carbons (Fsp3) is 0.615. The molecule has 0 fully saturated rings. The maximum absolute atomic E-state index is 4.31. The number of hydrogen-bond donors (Lipinski definition) is 1. The van der Waals surface area contributed by atoms with E-state index in [1.807, 2.05) is 28.8 Å². The predicted molar refractivity (Wildman–Crippen MR) is 73.5 cm³/mol. The van der Waals surface area contributed by atoms with E-state index < -0.39 is 0 Å². The molecule has 2 rings (SSSR count). The summed E-state index contributed by atoms with van der Waals surface area (Å²) in [7, 11) is 1.93. The van der Waals surface area contributed by atoms with Gasteiger partial charge in [0.1, 0.15) is 12.2 Å². The summed E-state index contributed by atoms with van der Waals surface area (Å²) in [5, 5.41) is 11.9. The lowest BCUT2D eigenvalue weighted by Gasteiger charge is -2.20. The first-order valence-electron chi connectivity index (χ1n) is 6.53. The molecule has 0 aliphatic carbocycles. The lowest BCUT2D eigenvalue weighted by Crippen LogP contribution is -2.36. The van der Waals surface area contributed by atoms with E-state index >= 15 is 0 Å². The lowest BCUT2D eigenvalue weighted by molar-refractivity contribution is 0.407. The molecule has 0 atom stereocenters. The normalized spacial score (nSPS) is 12.0. The standard InChI is InChI=1S/C13H22N6/c1-13(2,3)15-8-12-14-10-17-19(12)6-5-11-7-16-18(4)9-11/h7,9-10,15H,5-6,8H2,1-4H3. The zero-order valence-corrected chi connectivity index (χ0v) is 12.1. The Labute approximate surface area is 113 Å². The molecule has 2 heterocycles. The van der Waals surface area contributed by atoms with Crippen molar-refractivity contribution in [3.63, 3.8) is 0 Å². The van der Waals surface area contributed by atoms with Crippen molar-refractivity contribution in [2.45, 2.75) is 45.8 Å². The molecule has 104 valence electrons. The maximum Gasteiger partial charge on any atom is 0.140 e. The highest BCUT2D eigenvalue weighted by molar-refractivity contribution is 5.03. The van der Waals surface area contributed by atoms with Gasteiger partial charge in [0.2, 0.25) is 0 Å². The van der Waals surface area contributed by atoms with Crippen LogP contribution in [0.25, 0.3) is 0 Å². The van der Waals surface area contributed by atoms with E-state index in [0.29, 0.717) is 0 Å². The molecule has 0 saturated carbocycles. The number of rotatable bonds is 5. The quantitative estimate of drug-likeness (QED) is 0.878. The second kappa shape index (κ2) is 5.52. The van der Waals surface area contributed by atoms with E-state index in [-0.39, 0.29) is 5.54 Å². The van der Waals surface area contributed by atoms with Crippen molar-refractivity contribution in [1.29, 1.82) is 0 Å². The molecule has 0 spiro atoms. The summed E-state index contributed by atoms with van der Waals surface area (Å²) in [5.74, 6) is 0.971. The Kier molecular flexibility index (Phi) is 3.99. The van der Waals surface area contributed by atoms with Crippen LogP contribution in [0.3, 0.4) is 0 Å².